The van der Waals surface area contributed by atoms with Crippen molar-refractivity contribution in [2.24, 2.45) is 0 Å². The number of nitrogens with zero attached hydrogens (tertiary/aromatic N) is 3. The lowest BCUT2D eigenvalue weighted by molar-refractivity contribution is 0.104. The number of hydrogen-bond donors (Lipinski definition) is 1. The molecule has 0 radical (unpaired) electrons. The number of aryl methyl sites for hydroxylation is 1. The number of rotatable bonds is 10. The fourth-order valence-corrected chi connectivity index (χ4v) is 4.39. The second-order valence-electron chi connectivity index (χ2n) is 6.33. The molecule has 0 amide bonds. The normalized spacial score (nSPS) is 11.3. The molecule has 11 heteroatoms. The van der Waals surface area contributed by atoms with Gasteiger partial charge in [-0.1, -0.05) is 6.92 Å². The van der Waals surface area contributed by atoms with Gasteiger partial charge in [-0.2, -0.15) is 0 Å². The third-order valence-corrected chi connectivity index (χ3v) is 6.62. The van der Waals surface area contributed by atoms with Crippen molar-refractivity contribution in [3.05, 3.63) is 70.0 Å². The number of nitrogens with one attached hydrogen (secondary N) is 1. The van der Waals surface area contributed by atoms with Crippen molar-refractivity contribution in [3.8, 4) is 11.5 Å². The van der Waals surface area contributed by atoms with Crippen molar-refractivity contribution < 1.29 is 22.7 Å². The number of benzene rings is 2. The monoisotopic (exact) mass is 473 g/mol. The maximum absolute atomic E-state index is 12.4. The number of aromatic nitrogens is 2. The summed E-state index contributed by atoms with van der Waals surface area (Å²) in [6.07, 6.45) is 3.50. The lowest BCUT2D eigenvalue weighted by atomic mass is 10.1. The van der Waals surface area contributed by atoms with E-state index >= 15 is 0 Å². The number of carbonyl (C=O) groups excluding carboxylic acids is 1. The molecule has 0 aliphatic rings. The minimum Gasteiger partial charge on any atom is -0.493 e. The number of ketones is 1. The van der Waals surface area contributed by atoms with Crippen LogP contribution in [0.3, 0.4) is 0 Å². The van der Waals surface area contributed by atoms with E-state index < -0.39 is 10.0 Å². The molecule has 3 rings (SSSR count). The Morgan fingerprint density at radius 3 is 2.44 bits per heavy atom. The molecule has 0 bridgehead atoms. The second kappa shape index (κ2) is 10.2. The van der Waals surface area contributed by atoms with E-state index in [1.165, 1.54) is 38.6 Å². The Hall–Kier alpha value is -3.44. The molecule has 168 valence electrons. The van der Waals surface area contributed by atoms with Gasteiger partial charge in [0.25, 0.3) is 0 Å². The van der Waals surface area contributed by atoms with Gasteiger partial charge in [-0.05, 0) is 48.9 Å². The van der Waals surface area contributed by atoms with Crippen LogP contribution in [0, 0.1) is 0 Å². The molecule has 1 heterocycles. The number of sulfonamides is 1. The maximum atomic E-state index is 12.4. The third kappa shape index (κ3) is 5.62. The quantitative estimate of drug-likeness (QED) is 0.341. The lowest BCUT2D eigenvalue weighted by Gasteiger charge is -2.11. The summed E-state index contributed by atoms with van der Waals surface area (Å²) in [4.78, 5) is 12.4. The minimum atomic E-state index is -3.90. The van der Waals surface area contributed by atoms with Crippen LogP contribution in [0.1, 0.15) is 22.3 Å². The number of hydrogen-bond acceptors (Lipinski definition) is 9. The minimum absolute atomic E-state index is 0.0293. The standard InChI is InChI=1S/C21H22N4O5S2/c1-4-20-23-24-21(31-20)25-32(27,28)16-8-6-15(7-9-16)22-12-11-17(26)14-5-10-18(29-2)19(13-14)30-3/h5-13H,4H2,1-3H3,(H2,22,24,25,26)/p-1. The van der Waals surface area contributed by atoms with Crippen LogP contribution < -0.4 is 14.8 Å². The van der Waals surface area contributed by atoms with Crippen LogP contribution in [-0.4, -0.2) is 38.6 Å². The van der Waals surface area contributed by atoms with E-state index in [1.807, 2.05) is 6.92 Å². The van der Waals surface area contributed by atoms with Gasteiger partial charge in [0.05, 0.1) is 24.1 Å². The summed E-state index contributed by atoms with van der Waals surface area (Å²) in [5.41, 5.74) is 1.04. The van der Waals surface area contributed by atoms with Crippen LogP contribution in [-0.2, 0) is 16.4 Å². The van der Waals surface area contributed by atoms with Crippen LogP contribution in [0.4, 0.5) is 10.8 Å². The molecule has 0 aliphatic heterocycles. The Morgan fingerprint density at radius 2 is 1.81 bits per heavy atom. The van der Waals surface area contributed by atoms with Crippen molar-refractivity contribution in [3.63, 3.8) is 0 Å². The molecule has 0 aliphatic carbocycles. The van der Waals surface area contributed by atoms with Gasteiger partial charge in [0, 0.05) is 28.7 Å². The first-order valence-corrected chi connectivity index (χ1v) is 11.7. The Kier molecular flexibility index (Phi) is 7.44. The Labute approximate surface area is 190 Å². The van der Waals surface area contributed by atoms with Crippen LogP contribution in [0.15, 0.2) is 59.6 Å². The first-order chi connectivity index (χ1) is 15.4. The molecule has 0 atom stereocenters. The molecule has 0 saturated heterocycles. The molecule has 0 saturated carbocycles. The van der Waals surface area contributed by atoms with E-state index in [4.69, 9.17) is 9.47 Å². The molecule has 3 aromatic rings. The number of methoxy groups -OCH3 is 2. The van der Waals surface area contributed by atoms with Gasteiger partial charge in [-0.3, -0.25) is 9.89 Å². The predicted molar refractivity (Wildman–Crippen MR) is 123 cm³/mol. The van der Waals surface area contributed by atoms with Crippen LogP contribution >= 0.6 is 11.3 Å². The summed E-state index contributed by atoms with van der Waals surface area (Å²) < 4.78 is 39.0. The van der Waals surface area contributed by atoms with Gasteiger partial charge < -0.3 is 24.6 Å². The van der Waals surface area contributed by atoms with Crippen molar-refractivity contribution in [2.45, 2.75) is 18.2 Å². The van der Waals surface area contributed by atoms with E-state index in [1.54, 1.807) is 30.3 Å². The molecule has 0 unspecified atom stereocenters. The van der Waals surface area contributed by atoms with Crippen LogP contribution in [0.5, 0.6) is 11.5 Å². The number of carbonyl (C=O) groups is 1. The average Bonchev–Trinajstić information content (AvgIpc) is 3.25. The van der Waals surface area contributed by atoms with Gasteiger partial charge in [-0.15, -0.1) is 11.3 Å². The van der Waals surface area contributed by atoms with E-state index in [9.17, 15) is 13.2 Å². The summed E-state index contributed by atoms with van der Waals surface area (Å²) in [5, 5.41) is 11.4. The molecule has 2 aromatic carbocycles. The van der Waals surface area contributed by atoms with Gasteiger partial charge in [0.2, 0.25) is 10.0 Å². The molecule has 1 aromatic heterocycles. The van der Waals surface area contributed by atoms with Gasteiger partial charge >= 0.3 is 0 Å². The Bertz CT molecular complexity index is 1220. The Balaban J connectivity index is 1.63. The highest BCUT2D eigenvalue weighted by atomic mass is 32.2. The van der Waals surface area contributed by atoms with Crippen molar-refractivity contribution in [1.82, 2.24) is 10.2 Å². The van der Waals surface area contributed by atoms with Crippen molar-refractivity contribution >= 4 is 38.0 Å². The van der Waals surface area contributed by atoms with E-state index in [0.29, 0.717) is 34.2 Å². The second-order valence-corrected chi connectivity index (χ2v) is 8.98. The Morgan fingerprint density at radius 1 is 1.09 bits per heavy atom. The van der Waals surface area contributed by atoms with Crippen molar-refractivity contribution in [1.29, 1.82) is 0 Å². The molecule has 0 fully saturated rings. The first-order valence-electron chi connectivity index (χ1n) is 9.46. The zero-order valence-corrected chi connectivity index (χ0v) is 19.2. The fraction of sp³-hybridized carbons (Fsp3) is 0.190. The molecule has 0 spiro atoms. The van der Waals surface area contributed by atoms with Crippen molar-refractivity contribution in [2.75, 3.05) is 19.5 Å². The summed E-state index contributed by atoms with van der Waals surface area (Å²) in [6, 6.07) is 10.9. The summed E-state index contributed by atoms with van der Waals surface area (Å²) in [7, 11) is -0.879. The number of anilines is 1. The summed E-state index contributed by atoms with van der Waals surface area (Å²) in [5.74, 6) is 0.756. The molecular formula is C21H21N4O5S2-. The van der Waals surface area contributed by atoms with Crippen LogP contribution in [0.25, 0.3) is 4.72 Å². The molecular weight excluding hydrogens is 452 g/mol. The third-order valence-electron chi connectivity index (χ3n) is 4.26. The maximum Gasteiger partial charge on any atom is 0.203 e. The summed E-state index contributed by atoms with van der Waals surface area (Å²) >= 11 is 1.14. The first kappa shape index (κ1) is 23.2. The number of ether oxygens (including phenoxy) is 2. The molecule has 32 heavy (non-hydrogen) atoms. The zero-order valence-electron chi connectivity index (χ0n) is 17.6. The van der Waals surface area contributed by atoms with E-state index in [2.05, 4.69) is 20.2 Å². The largest absolute Gasteiger partial charge is 0.493 e. The highest BCUT2D eigenvalue weighted by Crippen LogP contribution is 2.31. The van der Waals surface area contributed by atoms with E-state index in [-0.39, 0.29) is 15.8 Å². The smallest absolute Gasteiger partial charge is 0.203 e. The zero-order chi connectivity index (χ0) is 23.1. The predicted octanol–water partition coefficient (Wildman–Crippen LogP) is 4.32. The lowest BCUT2D eigenvalue weighted by Crippen LogP contribution is -1.99. The fourth-order valence-electron chi connectivity index (χ4n) is 2.60. The number of allylic oxidation sites excluding steroid dienone is 1. The highest BCUT2D eigenvalue weighted by Gasteiger charge is 2.11. The topological polar surface area (TPSA) is 122 Å². The average molecular weight is 474 g/mol. The summed E-state index contributed by atoms with van der Waals surface area (Å²) in [6.45, 7) is 1.90. The molecule has 1 N–H and O–H groups in total. The van der Waals surface area contributed by atoms with Gasteiger partial charge in [-0.25, -0.2) is 8.42 Å². The molecule has 9 nitrogen and oxygen atoms in total. The van der Waals surface area contributed by atoms with Gasteiger partial charge in [0.1, 0.15) is 0 Å². The van der Waals surface area contributed by atoms with E-state index in [0.717, 1.165) is 11.3 Å². The van der Waals surface area contributed by atoms with Gasteiger partial charge in [0.15, 0.2) is 17.3 Å². The SMILES string of the molecule is CCc1nnc([N-]S(=O)(=O)c2ccc(N/C=C/C(=O)c3ccc(OC)c(OC)c3)cc2)s1. The van der Waals surface area contributed by atoms with Crippen LogP contribution in [0.2, 0.25) is 0 Å². The highest BCUT2D eigenvalue weighted by molar-refractivity contribution is 7.94.